The smallest absolute Gasteiger partial charge is 0.283 e. The molecule has 2 atom stereocenters. The highest BCUT2D eigenvalue weighted by Crippen LogP contribution is 2.46. The van der Waals surface area contributed by atoms with Gasteiger partial charge in [-0.2, -0.15) is 0 Å². The topological polar surface area (TPSA) is 75.3 Å². The van der Waals surface area contributed by atoms with Crippen LogP contribution in [0.1, 0.15) is 31.7 Å². The van der Waals surface area contributed by atoms with Crippen molar-refractivity contribution in [3.05, 3.63) is 28.2 Å². The van der Waals surface area contributed by atoms with Crippen LogP contribution < -0.4 is 10.5 Å². The van der Waals surface area contributed by atoms with E-state index in [1.165, 1.54) is 0 Å². The van der Waals surface area contributed by atoms with E-state index in [9.17, 15) is 0 Å². The second-order valence-electron chi connectivity index (χ2n) is 6.72. The molecule has 0 aromatic heterocycles. The van der Waals surface area contributed by atoms with Crippen molar-refractivity contribution in [2.24, 2.45) is 10.7 Å². The van der Waals surface area contributed by atoms with Gasteiger partial charge in [-0.05, 0) is 31.5 Å². The maximum atomic E-state index is 6.22. The SMILES string of the molecule is CC1(CCC2CC3(COC(N)=N3)c3cc(Br)ccc3O2)OCCO1. The molecule has 1 aromatic carbocycles. The van der Waals surface area contributed by atoms with Gasteiger partial charge in [-0.1, -0.05) is 15.9 Å². The molecule has 0 aliphatic carbocycles. The van der Waals surface area contributed by atoms with Gasteiger partial charge in [0.2, 0.25) is 0 Å². The lowest BCUT2D eigenvalue weighted by molar-refractivity contribution is -0.151. The molecular weight excluding hydrogens is 376 g/mol. The van der Waals surface area contributed by atoms with Gasteiger partial charge in [0.15, 0.2) is 5.79 Å². The first-order valence-corrected chi connectivity index (χ1v) is 9.00. The van der Waals surface area contributed by atoms with Crippen LogP contribution in [-0.4, -0.2) is 37.7 Å². The number of benzene rings is 1. The maximum Gasteiger partial charge on any atom is 0.283 e. The van der Waals surface area contributed by atoms with Gasteiger partial charge in [-0.15, -0.1) is 0 Å². The summed E-state index contributed by atoms with van der Waals surface area (Å²) in [5.74, 6) is 0.334. The first-order chi connectivity index (χ1) is 11.5. The summed E-state index contributed by atoms with van der Waals surface area (Å²) >= 11 is 3.52. The van der Waals surface area contributed by atoms with Crippen LogP contribution in [0.2, 0.25) is 0 Å². The molecule has 0 bridgehead atoms. The van der Waals surface area contributed by atoms with Crippen molar-refractivity contribution in [2.45, 2.75) is 43.6 Å². The maximum absolute atomic E-state index is 6.22. The summed E-state index contributed by atoms with van der Waals surface area (Å²) in [5.41, 5.74) is 6.36. The fourth-order valence-electron chi connectivity index (χ4n) is 3.67. The summed E-state index contributed by atoms with van der Waals surface area (Å²) in [6.45, 7) is 3.74. The van der Waals surface area contributed by atoms with E-state index in [0.717, 1.165) is 35.0 Å². The third-order valence-corrected chi connectivity index (χ3v) is 5.40. The molecule has 2 unspecified atom stereocenters. The van der Waals surface area contributed by atoms with E-state index in [4.69, 9.17) is 24.7 Å². The van der Waals surface area contributed by atoms with E-state index in [-0.39, 0.29) is 12.1 Å². The Morgan fingerprint density at radius 3 is 2.83 bits per heavy atom. The second-order valence-corrected chi connectivity index (χ2v) is 7.64. The number of amidine groups is 1. The summed E-state index contributed by atoms with van der Waals surface area (Å²) in [6.07, 6.45) is 2.34. The number of halogens is 1. The predicted octanol–water partition coefficient (Wildman–Crippen LogP) is 2.68. The summed E-state index contributed by atoms with van der Waals surface area (Å²) < 4.78 is 24.1. The number of rotatable bonds is 3. The van der Waals surface area contributed by atoms with Crippen molar-refractivity contribution in [3.8, 4) is 5.75 Å². The van der Waals surface area contributed by atoms with E-state index < -0.39 is 11.3 Å². The zero-order chi connectivity index (χ0) is 16.8. The Morgan fingerprint density at radius 2 is 2.12 bits per heavy atom. The highest BCUT2D eigenvalue weighted by Gasteiger charge is 2.46. The Kier molecular flexibility index (Phi) is 3.97. The summed E-state index contributed by atoms with van der Waals surface area (Å²) in [4.78, 5) is 4.62. The standard InChI is InChI=1S/C17H21BrN2O4/c1-16(22-6-7-23-16)5-4-12-9-17(10-21-15(19)20-17)13-8-11(18)2-3-14(13)24-12/h2-3,8,12H,4-7,9-10H2,1H3,(H2,19,20). The molecule has 3 heterocycles. The number of hydrogen-bond acceptors (Lipinski definition) is 6. The first kappa shape index (κ1) is 16.2. The van der Waals surface area contributed by atoms with Gasteiger partial charge in [0.25, 0.3) is 6.02 Å². The molecule has 1 saturated heterocycles. The number of hydrogen-bond donors (Lipinski definition) is 1. The fourth-order valence-corrected chi connectivity index (χ4v) is 4.03. The molecule has 24 heavy (non-hydrogen) atoms. The Balaban J connectivity index is 1.58. The largest absolute Gasteiger partial charge is 0.490 e. The van der Waals surface area contributed by atoms with Gasteiger partial charge < -0.3 is 24.7 Å². The minimum absolute atomic E-state index is 0.0153. The molecule has 0 amide bonds. The molecule has 4 rings (SSSR count). The average molecular weight is 397 g/mol. The molecule has 3 aliphatic rings. The average Bonchev–Trinajstić information content (AvgIpc) is 3.14. The van der Waals surface area contributed by atoms with Gasteiger partial charge >= 0.3 is 0 Å². The number of fused-ring (bicyclic) bond motifs is 2. The molecule has 2 N–H and O–H groups in total. The van der Waals surface area contributed by atoms with E-state index in [2.05, 4.69) is 20.9 Å². The minimum atomic E-state index is -0.509. The lowest BCUT2D eigenvalue weighted by atomic mass is 9.82. The molecule has 130 valence electrons. The van der Waals surface area contributed by atoms with Crippen molar-refractivity contribution in [3.63, 3.8) is 0 Å². The molecule has 7 heteroatoms. The van der Waals surface area contributed by atoms with E-state index in [1.54, 1.807) is 0 Å². The van der Waals surface area contributed by atoms with Crippen LogP contribution in [0, 0.1) is 0 Å². The summed E-state index contributed by atoms with van der Waals surface area (Å²) in [7, 11) is 0. The van der Waals surface area contributed by atoms with E-state index in [1.807, 2.05) is 25.1 Å². The number of nitrogens with two attached hydrogens (primary N) is 1. The normalized spacial score (nSPS) is 30.6. The van der Waals surface area contributed by atoms with Crippen LogP contribution in [0.3, 0.4) is 0 Å². The monoisotopic (exact) mass is 396 g/mol. The van der Waals surface area contributed by atoms with Gasteiger partial charge in [-0.25, -0.2) is 4.99 Å². The lowest BCUT2D eigenvalue weighted by Crippen LogP contribution is -2.39. The molecule has 1 fully saturated rings. The third kappa shape index (κ3) is 2.89. The Labute approximate surface area is 149 Å². The van der Waals surface area contributed by atoms with Crippen LogP contribution >= 0.6 is 15.9 Å². The molecule has 6 nitrogen and oxygen atoms in total. The van der Waals surface area contributed by atoms with Crippen LogP contribution in [0.5, 0.6) is 5.75 Å². The van der Waals surface area contributed by atoms with Gasteiger partial charge in [0, 0.05) is 22.9 Å². The van der Waals surface area contributed by atoms with Crippen LogP contribution in [-0.2, 0) is 19.7 Å². The number of ether oxygens (including phenoxy) is 4. The molecule has 0 radical (unpaired) electrons. The highest BCUT2D eigenvalue weighted by molar-refractivity contribution is 9.10. The molecule has 3 aliphatic heterocycles. The Bertz CT molecular complexity index is 675. The second kappa shape index (κ2) is 5.89. The van der Waals surface area contributed by atoms with Gasteiger partial charge in [-0.3, -0.25) is 0 Å². The minimum Gasteiger partial charge on any atom is -0.490 e. The lowest BCUT2D eigenvalue weighted by Gasteiger charge is -2.37. The predicted molar refractivity (Wildman–Crippen MR) is 92.0 cm³/mol. The first-order valence-electron chi connectivity index (χ1n) is 8.21. The molecule has 0 saturated carbocycles. The van der Waals surface area contributed by atoms with Crippen LogP contribution in [0.25, 0.3) is 0 Å². The van der Waals surface area contributed by atoms with Gasteiger partial charge in [0.05, 0.1) is 13.2 Å². The van der Waals surface area contributed by atoms with Crippen LogP contribution in [0.15, 0.2) is 27.7 Å². The fraction of sp³-hybridized carbons (Fsp3) is 0.588. The Morgan fingerprint density at radius 1 is 1.33 bits per heavy atom. The zero-order valence-electron chi connectivity index (χ0n) is 13.6. The number of aliphatic imine (C=N–C) groups is 1. The van der Waals surface area contributed by atoms with Crippen molar-refractivity contribution in [2.75, 3.05) is 19.8 Å². The summed E-state index contributed by atoms with van der Waals surface area (Å²) in [6, 6.07) is 6.24. The third-order valence-electron chi connectivity index (χ3n) is 4.90. The molecule has 1 spiro atoms. The van der Waals surface area contributed by atoms with E-state index in [0.29, 0.717) is 19.8 Å². The Hall–Kier alpha value is -1.31. The van der Waals surface area contributed by atoms with Crippen molar-refractivity contribution >= 4 is 22.0 Å². The van der Waals surface area contributed by atoms with Crippen molar-refractivity contribution in [1.82, 2.24) is 0 Å². The molecular formula is C17H21BrN2O4. The van der Waals surface area contributed by atoms with Crippen molar-refractivity contribution in [1.29, 1.82) is 0 Å². The number of nitrogens with zero attached hydrogens (tertiary/aromatic N) is 1. The zero-order valence-corrected chi connectivity index (χ0v) is 15.2. The highest BCUT2D eigenvalue weighted by atomic mass is 79.9. The van der Waals surface area contributed by atoms with E-state index >= 15 is 0 Å². The summed E-state index contributed by atoms with van der Waals surface area (Å²) in [5, 5.41) is 0. The van der Waals surface area contributed by atoms with Gasteiger partial charge in [0.1, 0.15) is 24.0 Å². The molecule has 1 aromatic rings. The quantitative estimate of drug-likeness (QED) is 0.849. The van der Waals surface area contributed by atoms with Crippen LogP contribution in [0.4, 0.5) is 0 Å². The van der Waals surface area contributed by atoms with Crippen molar-refractivity contribution < 1.29 is 18.9 Å².